The van der Waals surface area contributed by atoms with Gasteiger partial charge in [0.1, 0.15) is 5.52 Å². The number of rotatable bonds is 3. The van der Waals surface area contributed by atoms with Crippen molar-refractivity contribution in [1.82, 2.24) is 4.57 Å². The first kappa shape index (κ1) is 15.0. The van der Waals surface area contributed by atoms with E-state index >= 15 is 0 Å². The lowest BCUT2D eigenvalue weighted by atomic mass is 10.2. The molecule has 0 radical (unpaired) electrons. The number of fused-ring (bicyclic) bond motifs is 1. The minimum atomic E-state index is -0.523. The summed E-state index contributed by atoms with van der Waals surface area (Å²) in [6, 6.07) is 5.89. The minimum Gasteiger partial charge on any atom is -0.494 e. The minimum absolute atomic E-state index is 0.0832. The summed E-state index contributed by atoms with van der Waals surface area (Å²) >= 11 is 1.16. The van der Waals surface area contributed by atoms with E-state index in [1.54, 1.807) is 17.7 Å². The van der Waals surface area contributed by atoms with Crippen molar-refractivity contribution in [3.63, 3.8) is 0 Å². The molecular weight excluding hydrogens is 322 g/mol. The first-order chi connectivity index (χ1) is 11.0. The Balaban J connectivity index is 2.22. The van der Waals surface area contributed by atoms with Gasteiger partial charge < -0.3 is 13.7 Å². The Morgan fingerprint density at radius 3 is 2.87 bits per heavy atom. The topological polar surface area (TPSA) is 99.9 Å². The van der Waals surface area contributed by atoms with E-state index in [4.69, 9.17) is 9.15 Å². The Morgan fingerprint density at radius 1 is 1.48 bits per heavy atom. The number of amides is 1. The third-order valence-corrected chi connectivity index (χ3v) is 4.29. The number of thiazole rings is 1. The predicted molar refractivity (Wildman–Crippen MR) is 82.6 cm³/mol. The van der Waals surface area contributed by atoms with Crippen molar-refractivity contribution in [3.8, 4) is 5.75 Å². The molecule has 1 aromatic carbocycles. The van der Waals surface area contributed by atoms with E-state index in [0.29, 0.717) is 20.8 Å². The van der Waals surface area contributed by atoms with Crippen LogP contribution >= 0.6 is 11.3 Å². The summed E-state index contributed by atoms with van der Waals surface area (Å²) in [5, 5.41) is 11.0. The highest BCUT2D eigenvalue weighted by Crippen LogP contribution is 2.32. The predicted octanol–water partition coefficient (Wildman–Crippen LogP) is 2.49. The molecule has 0 aliphatic rings. The normalized spacial score (nSPS) is 11.8. The average molecular weight is 333 g/mol. The Bertz CT molecular complexity index is 968. The smallest absolute Gasteiger partial charge is 0.315 e. The van der Waals surface area contributed by atoms with Crippen LogP contribution in [0, 0.1) is 10.1 Å². The van der Waals surface area contributed by atoms with Crippen LogP contribution in [0.2, 0.25) is 0 Å². The summed E-state index contributed by atoms with van der Waals surface area (Å²) in [6.07, 6.45) is 1.39. The van der Waals surface area contributed by atoms with E-state index in [2.05, 4.69) is 4.99 Å². The number of furan rings is 1. The summed E-state index contributed by atoms with van der Waals surface area (Å²) in [5.41, 5.74) is 0.550. The average Bonchev–Trinajstić information content (AvgIpc) is 3.15. The van der Waals surface area contributed by atoms with Crippen LogP contribution in [0.5, 0.6) is 5.75 Å². The lowest BCUT2D eigenvalue weighted by molar-refractivity contribution is -0.384. The SMILES string of the molecule is COc1cc([N+](=O)[O-])cc2sc(=NC(=O)c3ccco3)n(C)c12. The van der Waals surface area contributed by atoms with Gasteiger partial charge in [0.05, 0.1) is 29.1 Å². The quantitative estimate of drug-likeness (QED) is 0.541. The second-order valence-corrected chi connectivity index (χ2v) is 5.60. The number of methoxy groups -OCH3 is 1. The van der Waals surface area contributed by atoms with Crippen molar-refractivity contribution in [2.75, 3.05) is 7.11 Å². The lowest BCUT2D eigenvalue weighted by Crippen LogP contribution is -2.13. The molecule has 0 spiro atoms. The van der Waals surface area contributed by atoms with Crippen molar-refractivity contribution < 1.29 is 18.9 Å². The number of carbonyl (C=O) groups excluding carboxylic acids is 1. The molecule has 9 heteroatoms. The number of non-ortho nitro benzene ring substituents is 1. The fraction of sp³-hybridized carbons (Fsp3) is 0.143. The van der Waals surface area contributed by atoms with Crippen LogP contribution in [-0.2, 0) is 7.05 Å². The number of nitro groups is 1. The second kappa shape index (κ2) is 5.69. The number of nitro benzene ring substituents is 1. The molecule has 118 valence electrons. The first-order valence-corrected chi connectivity index (χ1v) is 7.27. The molecule has 0 N–H and O–H groups in total. The number of ether oxygens (including phenoxy) is 1. The van der Waals surface area contributed by atoms with Gasteiger partial charge in [0.25, 0.3) is 5.69 Å². The third kappa shape index (κ3) is 2.61. The Morgan fingerprint density at radius 2 is 2.26 bits per heavy atom. The molecule has 0 bridgehead atoms. The summed E-state index contributed by atoms with van der Waals surface area (Å²) < 4.78 is 12.5. The fourth-order valence-corrected chi connectivity index (χ4v) is 3.21. The number of nitrogens with zero attached hydrogens (tertiary/aromatic N) is 3. The molecule has 0 fully saturated rings. The van der Waals surface area contributed by atoms with Gasteiger partial charge in [-0.25, -0.2) is 0 Å². The standard InChI is InChI=1S/C14H11N3O5S/c1-16-12-10(21-2)6-8(17(19)20)7-11(12)23-14(16)15-13(18)9-4-3-5-22-9/h3-7H,1-2H3. The summed E-state index contributed by atoms with van der Waals surface area (Å²) in [5.74, 6) is -0.0501. The van der Waals surface area contributed by atoms with Gasteiger partial charge >= 0.3 is 5.91 Å². The lowest BCUT2D eigenvalue weighted by Gasteiger charge is -2.03. The van der Waals surface area contributed by atoms with Crippen LogP contribution in [0.25, 0.3) is 10.2 Å². The highest BCUT2D eigenvalue weighted by atomic mass is 32.1. The van der Waals surface area contributed by atoms with E-state index in [0.717, 1.165) is 11.3 Å². The van der Waals surface area contributed by atoms with Crippen molar-refractivity contribution in [3.05, 3.63) is 51.2 Å². The van der Waals surface area contributed by atoms with E-state index in [-0.39, 0.29) is 11.4 Å². The van der Waals surface area contributed by atoms with Gasteiger partial charge in [0, 0.05) is 13.1 Å². The number of aryl methyl sites for hydroxylation is 1. The Kier molecular flexibility index (Phi) is 3.70. The zero-order valence-electron chi connectivity index (χ0n) is 12.2. The van der Waals surface area contributed by atoms with E-state index in [1.165, 1.54) is 31.6 Å². The summed E-state index contributed by atoms with van der Waals surface area (Å²) in [7, 11) is 3.14. The molecule has 0 aliphatic heterocycles. The number of carbonyl (C=O) groups is 1. The van der Waals surface area contributed by atoms with Gasteiger partial charge in [-0.05, 0) is 12.1 Å². The molecule has 3 aromatic rings. The van der Waals surface area contributed by atoms with Gasteiger partial charge in [-0.15, -0.1) is 0 Å². The van der Waals surface area contributed by atoms with Crippen LogP contribution in [0.15, 0.2) is 39.9 Å². The number of hydrogen-bond donors (Lipinski definition) is 0. The molecule has 2 aromatic heterocycles. The molecule has 0 saturated carbocycles. The first-order valence-electron chi connectivity index (χ1n) is 6.46. The summed E-state index contributed by atoms with van der Waals surface area (Å²) in [4.78, 5) is 26.9. The molecule has 8 nitrogen and oxygen atoms in total. The zero-order valence-corrected chi connectivity index (χ0v) is 13.0. The van der Waals surface area contributed by atoms with Crippen LogP contribution in [0.1, 0.15) is 10.6 Å². The monoisotopic (exact) mass is 333 g/mol. The van der Waals surface area contributed by atoms with Gasteiger partial charge in [-0.2, -0.15) is 4.99 Å². The van der Waals surface area contributed by atoms with Gasteiger partial charge in [-0.1, -0.05) is 11.3 Å². The molecule has 23 heavy (non-hydrogen) atoms. The molecule has 0 saturated heterocycles. The van der Waals surface area contributed by atoms with E-state index < -0.39 is 10.8 Å². The van der Waals surface area contributed by atoms with Crippen LogP contribution < -0.4 is 9.54 Å². The maximum absolute atomic E-state index is 12.0. The third-order valence-electron chi connectivity index (χ3n) is 3.21. The Labute approximate surface area is 133 Å². The van der Waals surface area contributed by atoms with Crippen LogP contribution in [-0.4, -0.2) is 22.5 Å². The molecule has 0 atom stereocenters. The molecule has 3 rings (SSSR count). The maximum Gasteiger partial charge on any atom is 0.315 e. The second-order valence-electron chi connectivity index (χ2n) is 4.59. The van der Waals surface area contributed by atoms with Crippen molar-refractivity contribution in [1.29, 1.82) is 0 Å². The number of aromatic nitrogens is 1. The number of hydrogen-bond acceptors (Lipinski definition) is 6. The number of benzene rings is 1. The molecule has 2 heterocycles. The van der Waals surface area contributed by atoms with Gasteiger partial charge in [0.15, 0.2) is 16.3 Å². The largest absolute Gasteiger partial charge is 0.494 e. The van der Waals surface area contributed by atoms with Gasteiger partial charge in [-0.3, -0.25) is 14.9 Å². The molecule has 1 amide bonds. The molecule has 0 aliphatic carbocycles. The summed E-state index contributed by atoms with van der Waals surface area (Å²) in [6.45, 7) is 0. The van der Waals surface area contributed by atoms with Crippen LogP contribution in [0.3, 0.4) is 0 Å². The Hall–Kier alpha value is -2.94. The highest BCUT2D eigenvalue weighted by Gasteiger charge is 2.17. The molecule has 0 unspecified atom stereocenters. The van der Waals surface area contributed by atoms with Crippen molar-refractivity contribution in [2.45, 2.75) is 0 Å². The molecular formula is C14H11N3O5S. The van der Waals surface area contributed by atoms with Crippen molar-refractivity contribution >= 4 is 33.1 Å². The van der Waals surface area contributed by atoms with E-state index in [1.807, 2.05) is 0 Å². The van der Waals surface area contributed by atoms with Crippen LogP contribution in [0.4, 0.5) is 5.69 Å². The maximum atomic E-state index is 12.0. The highest BCUT2D eigenvalue weighted by molar-refractivity contribution is 7.16. The zero-order chi connectivity index (χ0) is 16.6. The van der Waals surface area contributed by atoms with Crippen molar-refractivity contribution in [2.24, 2.45) is 12.0 Å². The van der Waals surface area contributed by atoms with Gasteiger partial charge in [0.2, 0.25) is 0 Å². The van der Waals surface area contributed by atoms with E-state index in [9.17, 15) is 14.9 Å². The fourth-order valence-electron chi connectivity index (χ4n) is 2.14.